The second-order valence-corrected chi connectivity index (χ2v) is 5.32. The van der Waals surface area contributed by atoms with Crippen molar-refractivity contribution < 1.29 is 19.4 Å². The van der Waals surface area contributed by atoms with Crippen LogP contribution in [0.5, 0.6) is 0 Å². The van der Waals surface area contributed by atoms with E-state index in [-0.39, 0.29) is 0 Å². The summed E-state index contributed by atoms with van der Waals surface area (Å²) in [6, 6.07) is 0. The fourth-order valence-electron chi connectivity index (χ4n) is 1.73. The van der Waals surface area contributed by atoms with Crippen molar-refractivity contribution in [2.75, 3.05) is 0 Å². The molecule has 0 amide bonds. The van der Waals surface area contributed by atoms with E-state index < -0.39 is 29.4 Å². The molecule has 0 aliphatic carbocycles. The number of rotatable bonds is 6. The van der Waals surface area contributed by atoms with Gasteiger partial charge in [0.1, 0.15) is 5.60 Å². The molecule has 0 aliphatic heterocycles. The van der Waals surface area contributed by atoms with Gasteiger partial charge in [0.2, 0.25) is 0 Å². The third-order valence-electron chi connectivity index (χ3n) is 2.43. The molecule has 2 unspecified atom stereocenters. The van der Waals surface area contributed by atoms with Crippen LogP contribution in [0.25, 0.3) is 0 Å². The molecule has 0 aromatic carbocycles. The first-order valence-electron chi connectivity index (χ1n) is 6.31. The molecule has 18 heavy (non-hydrogen) atoms. The highest BCUT2D eigenvalue weighted by Crippen LogP contribution is 2.24. The van der Waals surface area contributed by atoms with Crippen LogP contribution in [0, 0.1) is 11.8 Å². The monoisotopic (exact) mass is 256 g/mol. The van der Waals surface area contributed by atoms with E-state index in [0.29, 0.717) is 6.42 Å². The van der Waals surface area contributed by atoms with Gasteiger partial charge in [-0.25, -0.2) is 0 Å². The van der Waals surface area contributed by atoms with Crippen molar-refractivity contribution in [3.63, 3.8) is 0 Å². The average Bonchev–Trinajstić information content (AvgIpc) is 2.20. The summed E-state index contributed by atoms with van der Waals surface area (Å²) in [4.78, 5) is 23.3. The van der Waals surface area contributed by atoms with E-state index in [9.17, 15) is 14.7 Å². The minimum absolute atomic E-state index is 0.435. The highest BCUT2D eigenvalue weighted by atomic mass is 16.6. The van der Waals surface area contributed by atoms with Gasteiger partial charge in [0, 0.05) is 0 Å². The molecule has 0 saturated carbocycles. The zero-order chi connectivity index (χ0) is 14.3. The summed E-state index contributed by atoms with van der Waals surface area (Å²) in [6.07, 6.45) is 4.46. The van der Waals surface area contributed by atoms with Crippen LogP contribution in [0.1, 0.15) is 47.5 Å². The normalized spacial score (nSPS) is 15.4. The van der Waals surface area contributed by atoms with Crippen molar-refractivity contribution in [2.45, 2.75) is 53.1 Å². The van der Waals surface area contributed by atoms with Crippen molar-refractivity contribution in [3.8, 4) is 0 Å². The number of ether oxygens (including phenoxy) is 1. The molecule has 0 saturated heterocycles. The van der Waals surface area contributed by atoms with Gasteiger partial charge in [-0.05, 0) is 34.1 Å². The van der Waals surface area contributed by atoms with Gasteiger partial charge in [0.05, 0.1) is 11.8 Å². The fourth-order valence-corrected chi connectivity index (χ4v) is 1.73. The summed E-state index contributed by atoms with van der Waals surface area (Å²) in [5, 5.41) is 9.19. The van der Waals surface area contributed by atoms with Crippen LogP contribution in [-0.4, -0.2) is 22.6 Å². The van der Waals surface area contributed by atoms with Gasteiger partial charge in [-0.1, -0.05) is 25.5 Å². The molecule has 0 radical (unpaired) electrons. The fraction of sp³-hybridized carbons (Fsp3) is 0.714. The highest BCUT2D eigenvalue weighted by molar-refractivity contribution is 5.82. The maximum absolute atomic E-state index is 12.1. The molecule has 4 heteroatoms. The van der Waals surface area contributed by atoms with Crippen molar-refractivity contribution in [3.05, 3.63) is 12.2 Å². The van der Waals surface area contributed by atoms with E-state index in [1.54, 1.807) is 39.8 Å². The molecule has 1 N–H and O–H groups in total. The number of esters is 1. The van der Waals surface area contributed by atoms with Crippen LogP contribution in [0.2, 0.25) is 0 Å². The summed E-state index contributed by atoms with van der Waals surface area (Å²) < 4.78 is 5.29. The Morgan fingerprint density at radius 2 is 1.89 bits per heavy atom. The number of carbonyl (C=O) groups is 2. The lowest BCUT2D eigenvalue weighted by Gasteiger charge is -2.26. The molecule has 0 bridgehead atoms. The topological polar surface area (TPSA) is 63.6 Å². The zero-order valence-corrected chi connectivity index (χ0v) is 11.9. The molecular formula is C14H24O4. The molecule has 0 aliphatic rings. The number of carbonyl (C=O) groups excluding carboxylic acids is 1. The number of hydrogen-bond acceptors (Lipinski definition) is 3. The average molecular weight is 256 g/mol. The Balaban J connectivity index is 5.02. The third-order valence-corrected chi connectivity index (χ3v) is 2.43. The molecule has 2 atom stereocenters. The molecule has 0 aromatic heterocycles. The Kier molecular flexibility index (Phi) is 6.66. The molecule has 0 spiro atoms. The Hall–Kier alpha value is -1.32. The van der Waals surface area contributed by atoms with E-state index in [2.05, 4.69) is 0 Å². The summed E-state index contributed by atoms with van der Waals surface area (Å²) in [5.74, 6) is -2.86. The summed E-state index contributed by atoms with van der Waals surface area (Å²) >= 11 is 0. The Morgan fingerprint density at radius 3 is 2.22 bits per heavy atom. The number of carboxylic acids is 1. The van der Waals surface area contributed by atoms with Crippen molar-refractivity contribution in [1.29, 1.82) is 0 Å². The van der Waals surface area contributed by atoms with Crippen molar-refractivity contribution in [2.24, 2.45) is 11.8 Å². The molecule has 0 heterocycles. The zero-order valence-electron chi connectivity index (χ0n) is 11.9. The van der Waals surface area contributed by atoms with Crippen LogP contribution < -0.4 is 0 Å². The van der Waals surface area contributed by atoms with Gasteiger partial charge in [0.15, 0.2) is 0 Å². The first-order chi connectivity index (χ1) is 8.22. The van der Waals surface area contributed by atoms with Gasteiger partial charge < -0.3 is 9.84 Å². The van der Waals surface area contributed by atoms with E-state index >= 15 is 0 Å². The SMILES string of the molecule is CC=CC(C(=O)O)C(CCC)C(=O)OC(C)(C)C. The summed E-state index contributed by atoms with van der Waals surface area (Å²) in [7, 11) is 0. The molecule has 0 rings (SSSR count). The Morgan fingerprint density at radius 1 is 1.33 bits per heavy atom. The van der Waals surface area contributed by atoms with Crippen molar-refractivity contribution in [1.82, 2.24) is 0 Å². The van der Waals surface area contributed by atoms with Gasteiger partial charge in [-0.3, -0.25) is 9.59 Å². The van der Waals surface area contributed by atoms with Crippen LogP contribution in [0.15, 0.2) is 12.2 Å². The van der Waals surface area contributed by atoms with E-state index in [1.807, 2.05) is 6.92 Å². The Labute approximate surface area is 109 Å². The van der Waals surface area contributed by atoms with E-state index in [0.717, 1.165) is 6.42 Å². The first kappa shape index (κ1) is 16.7. The second kappa shape index (κ2) is 7.19. The molecular weight excluding hydrogens is 232 g/mol. The quantitative estimate of drug-likeness (QED) is 0.586. The lowest BCUT2D eigenvalue weighted by Crippen LogP contribution is -2.34. The van der Waals surface area contributed by atoms with Gasteiger partial charge in [0.25, 0.3) is 0 Å². The molecule has 0 fully saturated rings. The van der Waals surface area contributed by atoms with Gasteiger partial charge in [-0.2, -0.15) is 0 Å². The van der Waals surface area contributed by atoms with Crippen LogP contribution in [0.4, 0.5) is 0 Å². The van der Waals surface area contributed by atoms with Crippen LogP contribution in [0.3, 0.4) is 0 Å². The molecule has 0 aromatic rings. The maximum Gasteiger partial charge on any atom is 0.311 e. The predicted molar refractivity (Wildman–Crippen MR) is 70.2 cm³/mol. The van der Waals surface area contributed by atoms with Crippen LogP contribution >= 0.6 is 0 Å². The summed E-state index contributed by atoms with van der Waals surface area (Å²) in [5.41, 5.74) is -0.595. The predicted octanol–water partition coefficient (Wildman–Crippen LogP) is 3.02. The highest BCUT2D eigenvalue weighted by Gasteiger charge is 2.34. The standard InChI is InChI=1S/C14H24O4/c1-6-8-10(12(15)16)11(9-7-2)13(17)18-14(3,4)5/h6,8,10-11H,7,9H2,1-5H3,(H,15,16). The number of hydrogen-bond donors (Lipinski definition) is 1. The third kappa shape index (κ3) is 5.84. The van der Waals surface area contributed by atoms with Gasteiger partial charge in [-0.15, -0.1) is 0 Å². The van der Waals surface area contributed by atoms with E-state index in [1.165, 1.54) is 0 Å². The maximum atomic E-state index is 12.1. The Bertz CT molecular complexity index is 312. The van der Waals surface area contributed by atoms with Gasteiger partial charge >= 0.3 is 11.9 Å². The smallest absolute Gasteiger partial charge is 0.311 e. The van der Waals surface area contributed by atoms with Crippen LogP contribution in [-0.2, 0) is 14.3 Å². The minimum Gasteiger partial charge on any atom is -0.481 e. The number of aliphatic carboxylic acids is 1. The van der Waals surface area contributed by atoms with Crippen molar-refractivity contribution >= 4 is 11.9 Å². The lowest BCUT2D eigenvalue weighted by atomic mass is 9.88. The second-order valence-electron chi connectivity index (χ2n) is 5.32. The van der Waals surface area contributed by atoms with E-state index in [4.69, 9.17) is 4.74 Å². The molecule has 104 valence electrons. The summed E-state index contributed by atoms with van der Waals surface area (Å²) in [6.45, 7) is 9.00. The largest absolute Gasteiger partial charge is 0.481 e. The minimum atomic E-state index is -0.989. The first-order valence-corrected chi connectivity index (χ1v) is 6.31. The number of carboxylic acid groups (broad SMARTS) is 1. The lowest BCUT2D eigenvalue weighted by molar-refractivity contribution is -0.165. The molecule has 4 nitrogen and oxygen atoms in total. The number of allylic oxidation sites excluding steroid dienone is 1.